The number of aryl methyl sites for hydroxylation is 1. The highest BCUT2D eigenvalue weighted by Crippen LogP contribution is 2.26. The van der Waals surface area contributed by atoms with E-state index in [4.69, 9.17) is 0 Å². The zero-order valence-corrected chi connectivity index (χ0v) is 14.2. The van der Waals surface area contributed by atoms with Gasteiger partial charge in [-0.05, 0) is 25.5 Å². The van der Waals surface area contributed by atoms with Crippen molar-refractivity contribution in [3.8, 4) is 0 Å². The molecular weight excluding hydrogens is 282 g/mol. The lowest BCUT2D eigenvalue weighted by Gasteiger charge is -2.37. The molecule has 1 aliphatic rings. The van der Waals surface area contributed by atoms with Gasteiger partial charge in [-0.25, -0.2) is 4.98 Å². The van der Waals surface area contributed by atoms with Crippen LogP contribution in [0.4, 0.5) is 5.82 Å². The normalized spacial score (nSPS) is 22.2. The van der Waals surface area contributed by atoms with Crippen molar-refractivity contribution in [1.29, 1.82) is 0 Å². The second-order valence-corrected chi connectivity index (χ2v) is 7.03. The summed E-state index contributed by atoms with van der Waals surface area (Å²) in [5.74, 6) is 1.92. The quantitative estimate of drug-likeness (QED) is 0.928. The maximum absolute atomic E-state index is 12.8. The van der Waals surface area contributed by atoms with Gasteiger partial charge in [0.1, 0.15) is 5.82 Å². The first kappa shape index (κ1) is 16.1. The number of carbonyl (C=O) groups is 1. The standard InChI is InChI=1S/C16H25N3OS/c1-5-6-14-9-13(10-15(17-4)18-14)16(20)19-7-8-21-12(3)11(19)2/h9-12H,5-8H2,1-4H3,(H,17,18). The van der Waals surface area contributed by atoms with Crippen LogP contribution in [0.15, 0.2) is 12.1 Å². The number of anilines is 1. The molecule has 1 fully saturated rings. The summed E-state index contributed by atoms with van der Waals surface area (Å²) in [7, 11) is 1.84. The van der Waals surface area contributed by atoms with Crippen molar-refractivity contribution in [1.82, 2.24) is 9.88 Å². The SMILES string of the molecule is CCCc1cc(C(=O)N2CCSC(C)C2C)cc(NC)n1. The number of amides is 1. The molecule has 0 aromatic carbocycles. The number of nitrogens with zero attached hydrogens (tertiary/aromatic N) is 2. The van der Waals surface area contributed by atoms with Gasteiger partial charge in [-0.3, -0.25) is 4.79 Å². The van der Waals surface area contributed by atoms with Crippen molar-refractivity contribution in [2.75, 3.05) is 24.7 Å². The van der Waals surface area contributed by atoms with Crippen LogP contribution in [0.1, 0.15) is 43.2 Å². The molecular formula is C16H25N3OS. The number of aromatic nitrogens is 1. The average Bonchev–Trinajstić information content (AvgIpc) is 2.49. The number of nitrogens with one attached hydrogen (secondary N) is 1. The van der Waals surface area contributed by atoms with E-state index in [9.17, 15) is 4.79 Å². The minimum absolute atomic E-state index is 0.130. The van der Waals surface area contributed by atoms with Gasteiger partial charge in [-0.15, -0.1) is 0 Å². The van der Waals surface area contributed by atoms with Crippen molar-refractivity contribution in [3.63, 3.8) is 0 Å². The summed E-state index contributed by atoms with van der Waals surface area (Å²) in [4.78, 5) is 19.4. The molecule has 1 aliphatic heterocycles. The Morgan fingerprint density at radius 1 is 1.48 bits per heavy atom. The van der Waals surface area contributed by atoms with Crippen molar-refractivity contribution in [2.45, 2.75) is 44.9 Å². The first-order valence-corrected chi connectivity index (χ1v) is 8.73. The minimum Gasteiger partial charge on any atom is -0.373 e. The molecule has 116 valence electrons. The zero-order valence-electron chi connectivity index (χ0n) is 13.3. The number of rotatable bonds is 4. The lowest BCUT2D eigenvalue weighted by molar-refractivity contribution is 0.0698. The predicted octanol–water partition coefficient (Wildman–Crippen LogP) is 3.04. The molecule has 1 aromatic rings. The van der Waals surface area contributed by atoms with Crippen LogP contribution < -0.4 is 5.32 Å². The van der Waals surface area contributed by atoms with Crippen LogP contribution in [0.25, 0.3) is 0 Å². The molecule has 5 heteroatoms. The summed E-state index contributed by atoms with van der Waals surface area (Å²) in [5.41, 5.74) is 1.74. The van der Waals surface area contributed by atoms with Gasteiger partial charge < -0.3 is 10.2 Å². The van der Waals surface area contributed by atoms with Crippen molar-refractivity contribution in [3.05, 3.63) is 23.4 Å². The molecule has 0 aliphatic carbocycles. The van der Waals surface area contributed by atoms with E-state index in [0.29, 0.717) is 5.25 Å². The third-order valence-corrected chi connectivity index (χ3v) is 5.37. The van der Waals surface area contributed by atoms with Gasteiger partial charge in [0, 0.05) is 41.9 Å². The molecule has 1 amide bonds. The molecule has 1 aromatic heterocycles. The van der Waals surface area contributed by atoms with E-state index < -0.39 is 0 Å². The monoisotopic (exact) mass is 307 g/mol. The van der Waals surface area contributed by atoms with E-state index in [1.807, 2.05) is 35.8 Å². The van der Waals surface area contributed by atoms with Crippen LogP contribution >= 0.6 is 11.8 Å². The zero-order chi connectivity index (χ0) is 15.4. The van der Waals surface area contributed by atoms with Gasteiger partial charge >= 0.3 is 0 Å². The summed E-state index contributed by atoms with van der Waals surface area (Å²) in [6.45, 7) is 7.29. The van der Waals surface area contributed by atoms with Gasteiger partial charge in [-0.1, -0.05) is 20.3 Å². The molecule has 0 radical (unpaired) electrons. The van der Waals surface area contributed by atoms with E-state index in [0.717, 1.165) is 42.2 Å². The van der Waals surface area contributed by atoms with Crippen molar-refractivity contribution >= 4 is 23.5 Å². The molecule has 0 bridgehead atoms. The molecule has 2 unspecified atom stereocenters. The fourth-order valence-electron chi connectivity index (χ4n) is 2.61. The van der Waals surface area contributed by atoms with Gasteiger partial charge in [0.15, 0.2) is 0 Å². The maximum Gasteiger partial charge on any atom is 0.254 e. The Morgan fingerprint density at radius 3 is 2.90 bits per heavy atom. The van der Waals surface area contributed by atoms with Crippen molar-refractivity contribution in [2.24, 2.45) is 0 Å². The molecule has 2 heterocycles. The molecule has 1 N–H and O–H groups in total. The van der Waals surface area contributed by atoms with Crippen LogP contribution in [0.3, 0.4) is 0 Å². The average molecular weight is 307 g/mol. The fourth-order valence-corrected chi connectivity index (χ4v) is 3.71. The van der Waals surface area contributed by atoms with Gasteiger partial charge in [0.2, 0.25) is 0 Å². The summed E-state index contributed by atoms with van der Waals surface area (Å²) < 4.78 is 0. The van der Waals surface area contributed by atoms with E-state index in [-0.39, 0.29) is 11.9 Å². The number of thioether (sulfide) groups is 1. The Bertz CT molecular complexity index is 506. The summed E-state index contributed by atoms with van der Waals surface area (Å²) in [5, 5.41) is 3.55. The lowest BCUT2D eigenvalue weighted by Crippen LogP contribution is -2.48. The third-order valence-electron chi connectivity index (χ3n) is 4.03. The first-order valence-electron chi connectivity index (χ1n) is 7.68. The number of pyridine rings is 1. The molecule has 4 nitrogen and oxygen atoms in total. The molecule has 1 saturated heterocycles. The Balaban J connectivity index is 2.27. The van der Waals surface area contributed by atoms with Gasteiger partial charge in [-0.2, -0.15) is 11.8 Å². The molecule has 2 rings (SSSR count). The highest BCUT2D eigenvalue weighted by molar-refractivity contribution is 8.00. The highest BCUT2D eigenvalue weighted by Gasteiger charge is 2.29. The summed E-state index contributed by atoms with van der Waals surface area (Å²) in [6, 6.07) is 4.09. The summed E-state index contributed by atoms with van der Waals surface area (Å²) in [6.07, 6.45) is 1.93. The maximum atomic E-state index is 12.8. The Labute approximate surface area is 131 Å². The predicted molar refractivity (Wildman–Crippen MR) is 90.2 cm³/mol. The Kier molecular flexibility index (Phi) is 5.51. The minimum atomic E-state index is 0.130. The Morgan fingerprint density at radius 2 is 2.24 bits per heavy atom. The molecule has 0 saturated carbocycles. The van der Waals surface area contributed by atoms with Crippen LogP contribution in [-0.2, 0) is 6.42 Å². The van der Waals surface area contributed by atoms with Gasteiger partial charge in [0.25, 0.3) is 5.91 Å². The molecule has 2 atom stereocenters. The van der Waals surface area contributed by atoms with E-state index >= 15 is 0 Å². The smallest absolute Gasteiger partial charge is 0.254 e. The number of hydrogen-bond acceptors (Lipinski definition) is 4. The van der Waals surface area contributed by atoms with Gasteiger partial charge in [0.05, 0.1) is 0 Å². The second-order valence-electron chi connectivity index (χ2n) is 5.55. The van der Waals surface area contributed by atoms with E-state index in [1.54, 1.807) is 0 Å². The lowest BCUT2D eigenvalue weighted by atomic mass is 10.1. The van der Waals surface area contributed by atoms with Crippen LogP contribution in [0.2, 0.25) is 0 Å². The fraction of sp³-hybridized carbons (Fsp3) is 0.625. The summed E-state index contributed by atoms with van der Waals surface area (Å²) >= 11 is 1.94. The third kappa shape index (κ3) is 3.70. The Hall–Kier alpha value is -1.23. The van der Waals surface area contributed by atoms with E-state index in [1.165, 1.54) is 0 Å². The van der Waals surface area contributed by atoms with E-state index in [2.05, 4.69) is 31.1 Å². The van der Waals surface area contributed by atoms with Crippen LogP contribution in [0.5, 0.6) is 0 Å². The molecule has 0 spiro atoms. The highest BCUT2D eigenvalue weighted by atomic mass is 32.2. The van der Waals surface area contributed by atoms with Crippen LogP contribution in [0, 0.1) is 0 Å². The second kappa shape index (κ2) is 7.16. The van der Waals surface area contributed by atoms with Crippen molar-refractivity contribution < 1.29 is 4.79 Å². The molecule has 21 heavy (non-hydrogen) atoms. The number of carbonyl (C=O) groups excluding carboxylic acids is 1. The largest absolute Gasteiger partial charge is 0.373 e. The first-order chi connectivity index (χ1) is 10.1. The topological polar surface area (TPSA) is 45.2 Å². The number of hydrogen-bond donors (Lipinski definition) is 1. The van der Waals surface area contributed by atoms with Crippen LogP contribution in [-0.4, -0.2) is 46.4 Å².